The molecule has 9 nitrogen and oxygen atoms in total. The van der Waals surface area contributed by atoms with Gasteiger partial charge in [0.25, 0.3) is 11.8 Å². The Kier molecular flexibility index (Phi) is 4.97. The Morgan fingerprint density at radius 1 is 1.18 bits per heavy atom. The van der Waals surface area contributed by atoms with Crippen LogP contribution in [0.4, 0.5) is 16.2 Å². The van der Waals surface area contributed by atoms with Crippen molar-refractivity contribution in [3.8, 4) is 5.75 Å². The van der Waals surface area contributed by atoms with Crippen molar-refractivity contribution in [3.63, 3.8) is 0 Å². The van der Waals surface area contributed by atoms with Crippen molar-refractivity contribution < 1.29 is 24.4 Å². The van der Waals surface area contributed by atoms with Crippen LogP contribution in [0.15, 0.2) is 46.4 Å². The number of imide groups is 2. The Balaban J connectivity index is 2.05. The second-order valence-corrected chi connectivity index (χ2v) is 6.75. The van der Waals surface area contributed by atoms with E-state index in [2.05, 4.69) is 21.2 Å². The molecule has 4 amide bonds. The van der Waals surface area contributed by atoms with Crippen LogP contribution in [0.25, 0.3) is 6.08 Å². The quantitative estimate of drug-likeness (QED) is 0.323. The predicted octanol–water partition coefficient (Wildman–Crippen LogP) is 3.04. The first kappa shape index (κ1) is 19.2. The maximum absolute atomic E-state index is 12.8. The van der Waals surface area contributed by atoms with Gasteiger partial charge in [-0.15, -0.1) is 0 Å². The third kappa shape index (κ3) is 3.49. The van der Waals surface area contributed by atoms with Crippen molar-refractivity contribution in [1.29, 1.82) is 0 Å². The number of carbonyl (C=O) groups is 3. The van der Waals surface area contributed by atoms with E-state index in [0.29, 0.717) is 0 Å². The van der Waals surface area contributed by atoms with E-state index in [0.717, 1.165) is 33.1 Å². The highest BCUT2D eigenvalue weighted by Gasteiger charge is 2.37. The van der Waals surface area contributed by atoms with Gasteiger partial charge in [-0.2, -0.15) is 0 Å². The van der Waals surface area contributed by atoms with Gasteiger partial charge in [0.05, 0.1) is 10.6 Å². The number of aromatic hydroxyl groups is 1. The summed E-state index contributed by atoms with van der Waals surface area (Å²) in [5.74, 6) is -2.34. The minimum absolute atomic E-state index is 0.143. The molecule has 0 aromatic heterocycles. The minimum Gasteiger partial charge on any atom is -0.502 e. The van der Waals surface area contributed by atoms with Crippen LogP contribution in [-0.2, 0) is 9.59 Å². The number of amides is 4. The predicted molar refractivity (Wildman–Crippen MR) is 103 cm³/mol. The molecular weight excluding hydrogens is 434 g/mol. The molecule has 1 aliphatic rings. The molecule has 142 valence electrons. The molecule has 0 unspecified atom stereocenters. The lowest BCUT2D eigenvalue weighted by molar-refractivity contribution is -0.385. The number of nitrogens with zero attached hydrogens (tertiary/aromatic N) is 2. The van der Waals surface area contributed by atoms with Gasteiger partial charge in [-0.05, 0) is 48.4 Å². The van der Waals surface area contributed by atoms with Gasteiger partial charge in [-0.1, -0.05) is 22.0 Å². The lowest BCUT2D eigenvalue weighted by Crippen LogP contribution is -2.54. The fourth-order valence-electron chi connectivity index (χ4n) is 2.60. The molecule has 28 heavy (non-hydrogen) atoms. The summed E-state index contributed by atoms with van der Waals surface area (Å²) in [6, 6.07) is 7.30. The van der Waals surface area contributed by atoms with Gasteiger partial charge in [0.15, 0.2) is 5.75 Å². The van der Waals surface area contributed by atoms with Crippen LogP contribution in [0, 0.1) is 17.0 Å². The molecule has 3 rings (SSSR count). The highest BCUT2D eigenvalue weighted by Crippen LogP contribution is 2.29. The van der Waals surface area contributed by atoms with Gasteiger partial charge in [0.1, 0.15) is 5.57 Å². The number of halogens is 1. The first-order valence-corrected chi connectivity index (χ1v) is 8.63. The summed E-state index contributed by atoms with van der Waals surface area (Å²) < 4.78 is 0.782. The summed E-state index contributed by atoms with van der Waals surface area (Å²) in [5, 5.41) is 22.6. The SMILES string of the molecule is Cc1cc(N2C(=O)NC(=O)/C(=C\c3ccc(O)c([N+](=O)[O-])c3)C2=O)ccc1Br. The number of urea groups is 1. The third-order valence-electron chi connectivity index (χ3n) is 4.01. The summed E-state index contributed by atoms with van der Waals surface area (Å²) in [4.78, 5) is 48.2. The topological polar surface area (TPSA) is 130 Å². The number of barbiturate groups is 1. The number of rotatable bonds is 3. The Hall–Kier alpha value is -3.53. The number of nitro groups is 1. The molecule has 1 fully saturated rings. The van der Waals surface area contributed by atoms with Crippen molar-refractivity contribution >= 4 is 51.2 Å². The Bertz CT molecular complexity index is 1080. The molecule has 0 spiro atoms. The van der Waals surface area contributed by atoms with E-state index >= 15 is 0 Å². The molecule has 2 aromatic carbocycles. The van der Waals surface area contributed by atoms with Gasteiger partial charge in [-0.25, -0.2) is 9.69 Å². The molecule has 1 heterocycles. The van der Waals surface area contributed by atoms with E-state index in [1.54, 1.807) is 19.1 Å². The molecule has 0 bridgehead atoms. The fraction of sp³-hybridized carbons (Fsp3) is 0.0556. The average molecular weight is 446 g/mol. The number of hydrogen-bond acceptors (Lipinski definition) is 6. The van der Waals surface area contributed by atoms with E-state index in [1.165, 1.54) is 12.1 Å². The molecule has 0 radical (unpaired) electrons. The number of benzene rings is 2. The molecular formula is C18H12BrN3O6. The van der Waals surface area contributed by atoms with Crippen molar-refractivity contribution in [2.75, 3.05) is 4.90 Å². The second-order valence-electron chi connectivity index (χ2n) is 5.90. The normalized spacial score (nSPS) is 15.7. The van der Waals surface area contributed by atoms with Crippen LogP contribution in [0.1, 0.15) is 11.1 Å². The fourth-order valence-corrected chi connectivity index (χ4v) is 2.85. The maximum Gasteiger partial charge on any atom is 0.335 e. The Morgan fingerprint density at radius 2 is 1.89 bits per heavy atom. The van der Waals surface area contributed by atoms with Crippen LogP contribution in [-0.4, -0.2) is 27.9 Å². The first-order valence-electron chi connectivity index (χ1n) is 7.84. The van der Waals surface area contributed by atoms with E-state index < -0.39 is 34.2 Å². The second kappa shape index (κ2) is 7.24. The largest absolute Gasteiger partial charge is 0.502 e. The van der Waals surface area contributed by atoms with E-state index in [9.17, 15) is 29.6 Å². The first-order chi connectivity index (χ1) is 13.2. The van der Waals surface area contributed by atoms with Gasteiger partial charge in [0.2, 0.25) is 0 Å². The number of nitrogens with one attached hydrogen (secondary N) is 1. The smallest absolute Gasteiger partial charge is 0.335 e. The molecule has 1 aliphatic heterocycles. The van der Waals surface area contributed by atoms with Gasteiger partial charge < -0.3 is 5.11 Å². The number of anilines is 1. The van der Waals surface area contributed by atoms with Crippen LogP contribution in [0.2, 0.25) is 0 Å². The third-order valence-corrected chi connectivity index (χ3v) is 4.90. The number of carbonyl (C=O) groups excluding carboxylic acids is 3. The maximum atomic E-state index is 12.8. The van der Waals surface area contributed by atoms with Crippen molar-refractivity contribution in [1.82, 2.24) is 5.32 Å². The molecule has 2 aromatic rings. The number of hydrogen-bond donors (Lipinski definition) is 2. The molecule has 0 aliphatic carbocycles. The highest BCUT2D eigenvalue weighted by atomic mass is 79.9. The van der Waals surface area contributed by atoms with Crippen molar-refractivity contribution in [2.45, 2.75) is 6.92 Å². The zero-order valence-corrected chi connectivity index (χ0v) is 15.9. The van der Waals surface area contributed by atoms with Crippen LogP contribution in [0.3, 0.4) is 0 Å². The van der Waals surface area contributed by atoms with Crippen LogP contribution < -0.4 is 10.2 Å². The lowest BCUT2D eigenvalue weighted by Gasteiger charge is -2.26. The molecule has 0 saturated carbocycles. The van der Waals surface area contributed by atoms with E-state index in [1.807, 2.05) is 0 Å². The van der Waals surface area contributed by atoms with E-state index in [-0.39, 0.29) is 16.8 Å². The Labute approximate surface area is 166 Å². The monoisotopic (exact) mass is 445 g/mol. The van der Waals surface area contributed by atoms with Crippen molar-refractivity contribution in [2.24, 2.45) is 0 Å². The molecule has 1 saturated heterocycles. The summed E-state index contributed by atoms with van der Waals surface area (Å²) in [7, 11) is 0. The minimum atomic E-state index is -0.921. The molecule has 2 N–H and O–H groups in total. The number of phenols is 1. The molecule has 10 heteroatoms. The van der Waals surface area contributed by atoms with E-state index in [4.69, 9.17) is 0 Å². The average Bonchev–Trinajstić information content (AvgIpc) is 2.62. The Morgan fingerprint density at radius 3 is 2.54 bits per heavy atom. The zero-order chi connectivity index (χ0) is 20.6. The van der Waals surface area contributed by atoms with Gasteiger partial charge >= 0.3 is 11.7 Å². The number of phenolic OH excluding ortho intramolecular Hbond substituents is 1. The summed E-state index contributed by atoms with van der Waals surface area (Å²) in [6.07, 6.45) is 1.12. The highest BCUT2D eigenvalue weighted by molar-refractivity contribution is 9.10. The summed E-state index contributed by atoms with van der Waals surface area (Å²) >= 11 is 3.33. The van der Waals surface area contributed by atoms with Gasteiger partial charge in [0, 0.05) is 10.5 Å². The van der Waals surface area contributed by atoms with Gasteiger partial charge in [-0.3, -0.25) is 25.0 Å². The standard InChI is InChI=1S/C18H12BrN3O6/c1-9-6-11(3-4-13(9)19)21-17(25)12(16(24)20-18(21)26)7-10-2-5-15(23)14(8-10)22(27)28/h2-8,23H,1H3,(H,20,24,26)/b12-7+. The van der Waals surface area contributed by atoms with Crippen molar-refractivity contribution in [3.05, 3.63) is 67.7 Å². The zero-order valence-electron chi connectivity index (χ0n) is 14.3. The van der Waals surface area contributed by atoms with Crippen LogP contribution in [0.5, 0.6) is 5.75 Å². The summed E-state index contributed by atoms with van der Waals surface area (Å²) in [6.45, 7) is 1.78. The van der Waals surface area contributed by atoms with Crippen LogP contribution >= 0.6 is 15.9 Å². The summed E-state index contributed by atoms with van der Waals surface area (Å²) in [5.41, 5.74) is 0.229. The number of nitro benzene ring substituents is 1. The molecule has 0 atom stereocenters. The lowest BCUT2D eigenvalue weighted by atomic mass is 10.1. The number of aryl methyl sites for hydroxylation is 1.